The number of nitrogen functional groups attached to an aromatic ring is 1. The molecule has 19 heavy (non-hydrogen) atoms. The maximum Gasteiger partial charge on any atom is 0.418 e. The average molecular weight is 271 g/mol. The Hall–Kier alpha value is -1.43. The Morgan fingerprint density at radius 2 is 2.11 bits per heavy atom. The van der Waals surface area contributed by atoms with Gasteiger partial charge in [0.2, 0.25) is 0 Å². The van der Waals surface area contributed by atoms with E-state index in [-0.39, 0.29) is 17.6 Å². The molecule has 2 atom stereocenters. The molecular weight excluding hydrogens is 255 g/mol. The first kappa shape index (κ1) is 12.6. The highest BCUT2D eigenvalue weighted by atomic mass is 19.4. The molecule has 0 amide bonds. The van der Waals surface area contributed by atoms with Crippen LogP contribution in [0.15, 0.2) is 12.1 Å². The van der Waals surface area contributed by atoms with Crippen molar-refractivity contribution in [3.05, 3.63) is 23.3 Å². The summed E-state index contributed by atoms with van der Waals surface area (Å²) in [5.41, 5.74) is 6.27. The van der Waals surface area contributed by atoms with Gasteiger partial charge in [-0.05, 0) is 30.7 Å². The molecule has 3 N–H and O–H groups in total. The number of likely N-dealkylation sites (N-methyl/N-ethyl adjacent to an activating group) is 1. The van der Waals surface area contributed by atoms with Gasteiger partial charge < -0.3 is 16.0 Å². The zero-order valence-electron chi connectivity index (χ0n) is 10.6. The quantitative estimate of drug-likeness (QED) is 0.711. The van der Waals surface area contributed by atoms with Gasteiger partial charge in [-0.3, -0.25) is 0 Å². The highest BCUT2D eigenvalue weighted by molar-refractivity contribution is 5.71. The van der Waals surface area contributed by atoms with Crippen LogP contribution >= 0.6 is 0 Å². The number of fused-ring (bicyclic) bond motifs is 3. The standard InChI is InChI=1S/C13H16F3N3/c1-19-11-2-3-18-6-9(11)8-4-7(17)5-10(12(8)19)13(14,15)16/h4-5,9,11,18H,2-3,6,17H2,1H3/t9-,11-/m0/s1. The van der Waals surface area contributed by atoms with Gasteiger partial charge in [0.1, 0.15) is 0 Å². The molecule has 2 aliphatic rings. The highest BCUT2D eigenvalue weighted by Crippen LogP contribution is 2.49. The summed E-state index contributed by atoms with van der Waals surface area (Å²) >= 11 is 0. The highest BCUT2D eigenvalue weighted by Gasteiger charge is 2.44. The van der Waals surface area contributed by atoms with E-state index in [1.165, 1.54) is 0 Å². The van der Waals surface area contributed by atoms with E-state index in [0.29, 0.717) is 12.2 Å². The summed E-state index contributed by atoms with van der Waals surface area (Å²) in [5, 5.41) is 3.25. The van der Waals surface area contributed by atoms with Gasteiger partial charge in [0, 0.05) is 31.2 Å². The number of nitrogens with two attached hydrogens (primary N) is 1. The zero-order valence-corrected chi connectivity index (χ0v) is 10.6. The molecule has 2 aliphatic heterocycles. The van der Waals surface area contributed by atoms with Gasteiger partial charge in [-0.15, -0.1) is 0 Å². The van der Waals surface area contributed by atoms with Gasteiger partial charge in [-0.25, -0.2) is 0 Å². The summed E-state index contributed by atoms with van der Waals surface area (Å²) in [6.45, 7) is 1.55. The molecule has 1 fully saturated rings. The molecule has 3 nitrogen and oxygen atoms in total. The molecule has 0 unspecified atom stereocenters. The Labute approximate surface area is 109 Å². The zero-order chi connectivity index (χ0) is 13.8. The molecule has 0 aromatic heterocycles. The van der Waals surface area contributed by atoms with Gasteiger partial charge in [0.05, 0.1) is 11.3 Å². The van der Waals surface area contributed by atoms with Crippen molar-refractivity contribution in [3.8, 4) is 0 Å². The first-order valence-electron chi connectivity index (χ1n) is 6.33. The lowest BCUT2D eigenvalue weighted by Crippen LogP contribution is -2.42. The molecule has 2 heterocycles. The third-order valence-electron chi connectivity index (χ3n) is 4.16. The Kier molecular flexibility index (Phi) is 2.67. The summed E-state index contributed by atoms with van der Waals surface area (Å²) < 4.78 is 39.5. The van der Waals surface area contributed by atoms with Crippen LogP contribution in [-0.4, -0.2) is 26.2 Å². The Morgan fingerprint density at radius 3 is 2.79 bits per heavy atom. The lowest BCUT2D eigenvalue weighted by Gasteiger charge is -2.31. The van der Waals surface area contributed by atoms with E-state index in [9.17, 15) is 13.2 Å². The summed E-state index contributed by atoms with van der Waals surface area (Å²) in [5.74, 6) is 0.0957. The van der Waals surface area contributed by atoms with Crippen LogP contribution in [0, 0.1) is 0 Å². The van der Waals surface area contributed by atoms with Crippen molar-refractivity contribution in [2.75, 3.05) is 30.8 Å². The van der Waals surface area contributed by atoms with Crippen molar-refractivity contribution in [1.29, 1.82) is 0 Å². The van der Waals surface area contributed by atoms with E-state index in [0.717, 1.165) is 24.6 Å². The molecule has 0 aliphatic carbocycles. The Morgan fingerprint density at radius 1 is 1.37 bits per heavy atom. The largest absolute Gasteiger partial charge is 0.418 e. The van der Waals surface area contributed by atoms with Crippen LogP contribution in [0.5, 0.6) is 0 Å². The number of nitrogens with one attached hydrogen (secondary N) is 1. The Balaban J connectivity index is 2.18. The van der Waals surface area contributed by atoms with Crippen LogP contribution in [-0.2, 0) is 6.18 Å². The van der Waals surface area contributed by atoms with E-state index in [1.807, 2.05) is 0 Å². The fourth-order valence-electron chi connectivity index (χ4n) is 3.36. The molecule has 1 saturated heterocycles. The lowest BCUT2D eigenvalue weighted by molar-refractivity contribution is -0.137. The predicted octanol–water partition coefficient (Wildman–Crippen LogP) is 2.18. The third kappa shape index (κ3) is 1.85. The number of hydrogen-bond acceptors (Lipinski definition) is 3. The van der Waals surface area contributed by atoms with Crippen LogP contribution < -0.4 is 16.0 Å². The third-order valence-corrected chi connectivity index (χ3v) is 4.16. The topological polar surface area (TPSA) is 41.3 Å². The van der Waals surface area contributed by atoms with Gasteiger partial charge in [-0.2, -0.15) is 13.2 Å². The molecule has 1 aromatic rings. The molecule has 6 heteroatoms. The number of alkyl halides is 3. The maximum atomic E-state index is 13.2. The van der Waals surface area contributed by atoms with Crippen LogP contribution in [0.3, 0.4) is 0 Å². The number of hydrogen-bond donors (Lipinski definition) is 2. The summed E-state index contributed by atoms with van der Waals surface area (Å²) in [6, 6.07) is 2.87. The normalized spacial score (nSPS) is 26.2. The second-order valence-corrected chi connectivity index (χ2v) is 5.28. The molecule has 104 valence electrons. The van der Waals surface area contributed by atoms with Gasteiger partial charge in [-0.1, -0.05) is 0 Å². The fraction of sp³-hybridized carbons (Fsp3) is 0.538. The van der Waals surface area contributed by atoms with Crippen molar-refractivity contribution >= 4 is 11.4 Å². The SMILES string of the molecule is CN1c2c(cc(N)cc2C(F)(F)F)[C@@H]2CNCC[C@@H]21. The summed E-state index contributed by atoms with van der Waals surface area (Å²) in [4.78, 5) is 1.78. The van der Waals surface area contributed by atoms with Crippen molar-refractivity contribution in [3.63, 3.8) is 0 Å². The van der Waals surface area contributed by atoms with Crippen molar-refractivity contribution in [2.45, 2.75) is 24.6 Å². The van der Waals surface area contributed by atoms with E-state index in [1.54, 1.807) is 18.0 Å². The molecule has 0 radical (unpaired) electrons. The van der Waals surface area contributed by atoms with Crippen LogP contribution in [0.4, 0.5) is 24.5 Å². The van der Waals surface area contributed by atoms with Gasteiger partial charge >= 0.3 is 6.18 Å². The molecule has 1 aromatic carbocycles. The van der Waals surface area contributed by atoms with E-state index < -0.39 is 11.7 Å². The summed E-state index contributed by atoms with van der Waals surface area (Å²) in [6.07, 6.45) is -3.51. The minimum atomic E-state index is -4.37. The summed E-state index contributed by atoms with van der Waals surface area (Å²) in [7, 11) is 1.75. The number of benzene rings is 1. The van der Waals surface area contributed by atoms with E-state index in [4.69, 9.17) is 5.73 Å². The van der Waals surface area contributed by atoms with Crippen molar-refractivity contribution in [2.24, 2.45) is 0 Å². The van der Waals surface area contributed by atoms with E-state index in [2.05, 4.69) is 5.32 Å². The molecule has 0 bridgehead atoms. The number of anilines is 2. The lowest BCUT2D eigenvalue weighted by atomic mass is 9.89. The smallest absolute Gasteiger partial charge is 0.399 e. The monoisotopic (exact) mass is 271 g/mol. The molecule has 0 spiro atoms. The fourth-order valence-corrected chi connectivity index (χ4v) is 3.36. The minimum absolute atomic E-state index is 0.0957. The minimum Gasteiger partial charge on any atom is -0.399 e. The maximum absolute atomic E-state index is 13.2. The predicted molar refractivity (Wildman–Crippen MR) is 68.3 cm³/mol. The van der Waals surface area contributed by atoms with E-state index >= 15 is 0 Å². The first-order chi connectivity index (χ1) is 8.89. The second-order valence-electron chi connectivity index (χ2n) is 5.28. The number of halogens is 3. The first-order valence-corrected chi connectivity index (χ1v) is 6.33. The average Bonchev–Trinajstić information content (AvgIpc) is 2.62. The van der Waals surface area contributed by atoms with Crippen LogP contribution in [0.1, 0.15) is 23.5 Å². The number of rotatable bonds is 0. The Bertz CT molecular complexity index is 513. The van der Waals surface area contributed by atoms with Gasteiger partial charge in [0.15, 0.2) is 0 Å². The number of piperidine rings is 1. The van der Waals surface area contributed by atoms with Gasteiger partial charge in [0.25, 0.3) is 0 Å². The van der Waals surface area contributed by atoms with Crippen LogP contribution in [0.25, 0.3) is 0 Å². The molecule has 3 rings (SSSR count). The second kappa shape index (κ2) is 4.03. The van der Waals surface area contributed by atoms with Crippen molar-refractivity contribution in [1.82, 2.24) is 5.32 Å². The van der Waals surface area contributed by atoms with Crippen molar-refractivity contribution < 1.29 is 13.2 Å². The molecule has 0 saturated carbocycles. The van der Waals surface area contributed by atoms with Crippen LogP contribution in [0.2, 0.25) is 0 Å². The number of nitrogens with zero attached hydrogens (tertiary/aromatic N) is 1. The molecular formula is C13H16F3N3.